The molecule has 1 saturated heterocycles. The Morgan fingerprint density at radius 3 is 2.88 bits per heavy atom. The fraction of sp³-hybridized carbons (Fsp3) is 0.389. The molecule has 130 valence electrons. The van der Waals surface area contributed by atoms with Gasteiger partial charge in [0, 0.05) is 23.4 Å². The van der Waals surface area contributed by atoms with E-state index in [4.69, 9.17) is 9.47 Å². The van der Waals surface area contributed by atoms with Crippen molar-refractivity contribution in [2.24, 2.45) is 0 Å². The van der Waals surface area contributed by atoms with Crippen molar-refractivity contribution >= 4 is 5.91 Å². The van der Waals surface area contributed by atoms with Crippen LogP contribution in [0.1, 0.15) is 46.3 Å². The second-order valence-electron chi connectivity index (χ2n) is 6.39. The molecule has 1 amide bonds. The van der Waals surface area contributed by atoms with Crippen molar-refractivity contribution in [1.29, 1.82) is 0 Å². The number of hydrogen-bond acceptors (Lipinski definition) is 5. The van der Waals surface area contributed by atoms with Crippen LogP contribution in [0, 0.1) is 13.8 Å². The first-order valence-electron chi connectivity index (χ1n) is 8.32. The number of carbonyl (C=O) groups excluding carboxylic acids is 1. The van der Waals surface area contributed by atoms with Gasteiger partial charge in [-0.05, 0) is 44.9 Å². The number of aromatic amines is 1. The fourth-order valence-corrected chi connectivity index (χ4v) is 3.31. The largest absolute Gasteiger partial charge is 0.454 e. The fourth-order valence-electron chi connectivity index (χ4n) is 3.31. The maximum Gasteiger partial charge on any atom is 0.254 e. The minimum absolute atomic E-state index is 0.0957. The van der Waals surface area contributed by atoms with E-state index in [0.29, 0.717) is 40.7 Å². The van der Waals surface area contributed by atoms with E-state index in [1.807, 2.05) is 6.92 Å². The summed E-state index contributed by atoms with van der Waals surface area (Å²) in [6.45, 7) is 4.36. The Bertz CT molecular complexity index is 906. The number of carbonyl (C=O) groups is 1. The monoisotopic (exact) mass is 341 g/mol. The Labute approximate surface area is 144 Å². The minimum Gasteiger partial charge on any atom is -0.454 e. The van der Waals surface area contributed by atoms with Gasteiger partial charge in [0.15, 0.2) is 11.5 Å². The zero-order valence-corrected chi connectivity index (χ0v) is 14.2. The van der Waals surface area contributed by atoms with Gasteiger partial charge < -0.3 is 19.4 Å². The lowest BCUT2D eigenvalue weighted by atomic mass is 10.1. The van der Waals surface area contributed by atoms with Crippen LogP contribution in [-0.4, -0.2) is 34.1 Å². The Morgan fingerprint density at radius 2 is 2.08 bits per heavy atom. The summed E-state index contributed by atoms with van der Waals surface area (Å²) in [4.78, 5) is 34.1. The van der Waals surface area contributed by atoms with E-state index >= 15 is 0 Å². The van der Waals surface area contributed by atoms with Gasteiger partial charge in [-0.15, -0.1) is 0 Å². The Hall–Kier alpha value is -2.83. The number of aromatic nitrogens is 2. The Morgan fingerprint density at radius 1 is 1.28 bits per heavy atom. The summed E-state index contributed by atoms with van der Waals surface area (Å²) < 4.78 is 10.6. The molecule has 1 aromatic carbocycles. The highest BCUT2D eigenvalue weighted by atomic mass is 16.7. The summed E-state index contributed by atoms with van der Waals surface area (Å²) in [7, 11) is 0. The first kappa shape index (κ1) is 15.7. The van der Waals surface area contributed by atoms with Crippen LogP contribution in [0.3, 0.4) is 0 Å². The van der Waals surface area contributed by atoms with E-state index in [9.17, 15) is 9.59 Å². The van der Waals surface area contributed by atoms with Gasteiger partial charge in [0.25, 0.3) is 11.5 Å². The van der Waals surface area contributed by atoms with Crippen molar-refractivity contribution in [2.75, 3.05) is 13.3 Å². The van der Waals surface area contributed by atoms with Crippen molar-refractivity contribution in [2.45, 2.75) is 32.7 Å². The van der Waals surface area contributed by atoms with Gasteiger partial charge in [-0.2, -0.15) is 0 Å². The van der Waals surface area contributed by atoms with E-state index in [0.717, 1.165) is 12.8 Å². The molecule has 0 radical (unpaired) electrons. The van der Waals surface area contributed by atoms with Crippen molar-refractivity contribution in [1.82, 2.24) is 14.9 Å². The van der Waals surface area contributed by atoms with Gasteiger partial charge in [-0.1, -0.05) is 0 Å². The number of nitrogens with zero attached hydrogens (tertiary/aromatic N) is 2. The number of rotatable bonds is 2. The molecule has 25 heavy (non-hydrogen) atoms. The van der Waals surface area contributed by atoms with Crippen molar-refractivity contribution in [3.8, 4) is 11.5 Å². The number of ether oxygens (including phenoxy) is 2. The molecule has 0 aliphatic carbocycles. The highest BCUT2D eigenvalue weighted by Crippen LogP contribution is 2.35. The summed E-state index contributed by atoms with van der Waals surface area (Å²) >= 11 is 0. The SMILES string of the molecule is Cc1nc([C@H]2CCCN2C(=O)c2ccc3c(c2)OCO3)[nH]c(=O)c1C. The van der Waals surface area contributed by atoms with Crippen LogP contribution in [0.15, 0.2) is 23.0 Å². The number of amides is 1. The number of benzene rings is 1. The molecule has 0 bridgehead atoms. The van der Waals surface area contributed by atoms with Gasteiger partial charge in [0.1, 0.15) is 5.82 Å². The molecule has 7 heteroatoms. The van der Waals surface area contributed by atoms with Gasteiger partial charge in [0.05, 0.1) is 6.04 Å². The summed E-state index contributed by atoms with van der Waals surface area (Å²) in [5, 5.41) is 0. The van der Waals surface area contributed by atoms with Crippen LogP contribution >= 0.6 is 0 Å². The smallest absolute Gasteiger partial charge is 0.254 e. The highest BCUT2D eigenvalue weighted by molar-refractivity contribution is 5.95. The van der Waals surface area contributed by atoms with Gasteiger partial charge in [-0.25, -0.2) is 4.98 Å². The average molecular weight is 341 g/mol. The first-order valence-corrected chi connectivity index (χ1v) is 8.32. The average Bonchev–Trinajstić information content (AvgIpc) is 3.26. The van der Waals surface area contributed by atoms with Crippen molar-refractivity contribution in [3.63, 3.8) is 0 Å². The third-order valence-electron chi connectivity index (χ3n) is 4.86. The standard InChI is InChI=1S/C18H19N3O4/c1-10-11(2)19-16(20-17(10)22)13-4-3-7-21(13)18(23)12-5-6-14-15(8-12)25-9-24-14/h5-6,8,13H,3-4,7,9H2,1-2H3,(H,19,20,22)/t13-/m1/s1. The third kappa shape index (κ3) is 2.65. The second kappa shape index (κ2) is 5.91. The summed E-state index contributed by atoms with van der Waals surface area (Å²) in [5.41, 5.74) is 1.70. The maximum absolute atomic E-state index is 13.0. The molecule has 2 aliphatic rings. The van der Waals surface area contributed by atoms with Gasteiger partial charge in [-0.3, -0.25) is 9.59 Å². The second-order valence-corrected chi connectivity index (χ2v) is 6.39. The molecular formula is C18H19N3O4. The van der Waals surface area contributed by atoms with E-state index in [2.05, 4.69) is 9.97 Å². The molecule has 1 atom stereocenters. The van der Waals surface area contributed by atoms with Crippen LogP contribution in [0.25, 0.3) is 0 Å². The third-order valence-corrected chi connectivity index (χ3v) is 4.86. The van der Waals surface area contributed by atoms with Crippen LogP contribution < -0.4 is 15.0 Å². The van der Waals surface area contributed by atoms with Gasteiger partial charge in [0.2, 0.25) is 6.79 Å². The lowest BCUT2D eigenvalue weighted by Crippen LogP contribution is -2.33. The number of likely N-dealkylation sites (tertiary alicyclic amines) is 1. The lowest BCUT2D eigenvalue weighted by Gasteiger charge is -2.24. The summed E-state index contributed by atoms with van der Waals surface area (Å²) in [5.74, 6) is 1.69. The molecule has 1 N–H and O–H groups in total. The van der Waals surface area contributed by atoms with E-state index < -0.39 is 0 Å². The molecular weight excluding hydrogens is 322 g/mol. The van der Waals surface area contributed by atoms with Crippen molar-refractivity contribution in [3.05, 3.63) is 51.2 Å². The zero-order valence-electron chi connectivity index (χ0n) is 14.2. The van der Waals surface area contributed by atoms with Crippen LogP contribution in [-0.2, 0) is 0 Å². The predicted molar refractivity (Wildman–Crippen MR) is 89.9 cm³/mol. The van der Waals surface area contributed by atoms with E-state index in [1.54, 1.807) is 30.0 Å². The Kier molecular flexibility index (Phi) is 3.71. The molecule has 3 heterocycles. The van der Waals surface area contributed by atoms with Crippen molar-refractivity contribution < 1.29 is 14.3 Å². The first-order chi connectivity index (χ1) is 12.0. The molecule has 4 rings (SSSR count). The molecule has 0 unspecified atom stereocenters. The molecule has 1 fully saturated rings. The number of H-pyrrole nitrogens is 1. The van der Waals surface area contributed by atoms with E-state index in [-0.39, 0.29) is 24.3 Å². The topological polar surface area (TPSA) is 84.5 Å². The molecule has 2 aliphatic heterocycles. The molecule has 1 aromatic heterocycles. The van der Waals surface area contributed by atoms with Crippen LogP contribution in [0.4, 0.5) is 0 Å². The lowest BCUT2D eigenvalue weighted by molar-refractivity contribution is 0.0729. The molecule has 7 nitrogen and oxygen atoms in total. The van der Waals surface area contributed by atoms with Gasteiger partial charge >= 0.3 is 0 Å². The van der Waals surface area contributed by atoms with Crippen LogP contribution in [0.2, 0.25) is 0 Å². The normalized spacial score (nSPS) is 18.6. The number of fused-ring (bicyclic) bond motifs is 1. The highest BCUT2D eigenvalue weighted by Gasteiger charge is 2.33. The maximum atomic E-state index is 13.0. The molecule has 0 spiro atoms. The molecule has 0 saturated carbocycles. The molecule has 2 aromatic rings. The summed E-state index contributed by atoms with van der Waals surface area (Å²) in [6, 6.07) is 4.97. The minimum atomic E-state index is -0.218. The zero-order chi connectivity index (χ0) is 17.6. The number of hydrogen-bond donors (Lipinski definition) is 1. The number of aryl methyl sites for hydroxylation is 1. The quantitative estimate of drug-likeness (QED) is 0.904. The van der Waals surface area contributed by atoms with Crippen LogP contribution in [0.5, 0.6) is 11.5 Å². The predicted octanol–water partition coefficient (Wildman–Crippen LogP) is 2.09. The van der Waals surface area contributed by atoms with E-state index in [1.165, 1.54) is 0 Å². The number of nitrogens with one attached hydrogen (secondary N) is 1. The Balaban J connectivity index is 1.65. The summed E-state index contributed by atoms with van der Waals surface area (Å²) in [6.07, 6.45) is 1.65.